The quantitative estimate of drug-likeness (QED) is 0.801. The van der Waals surface area contributed by atoms with Crippen molar-refractivity contribution in [2.75, 3.05) is 0 Å². The number of imidazole rings is 1. The fourth-order valence-corrected chi connectivity index (χ4v) is 2.43. The molecule has 2 rings (SSSR count). The minimum atomic E-state index is -3.77. The summed E-state index contributed by atoms with van der Waals surface area (Å²) in [5, 5.41) is 5.00. The SMILES string of the molecule is Cc1ccc2c(nc(S(N)(=O)=O)n2C)c1C. The lowest BCUT2D eigenvalue weighted by atomic mass is 10.1. The lowest BCUT2D eigenvalue weighted by Gasteiger charge is -2.01. The van der Waals surface area contributed by atoms with Crippen LogP contribution in [0.4, 0.5) is 0 Å². The van der Waals surface area contributed by atoms with Crippen molar-refractivity contribution in [3.63, 3.8) is 0 Å². The van der Waals surface area contributed by atoms with Gasteiger partial charge in [0.05, 0.1) is 11.0 Å². The normalized spacial score (nSPS) is 12.2. The number of hydrogen-bond acceptors (Lipinski definition) is 3. The molecule has 0 saturated heterocycles. The summed E-state index contributed by atoms with van der Waals surface area (Å²) < 4.78 is 24.1. The van der Waals surface area contributed by atoms with Gasteiger partial charge in [-0.05, 0) is 31.0 Å². The molecule has 1 heterocycles. The first-order chi connectivity index (χ1) is 7.32. The molecule has 0 fully saturated rings. The summed E-state index contributed by atoms with van der Waals surface area (Å²) in [7, 11) is -2.13. The topological polar surface area (TPSA) is 78.0 Å². The maximum atomic E-state index is 11.3. The first-order valence-corrected chi connectivity index (χ1v) is 6.32. The van der Waals surface area contributed by atoms with Gasteiger partial charge in [0.1, 0.15) is 0 Å². The predicted molar refractivity (Wildman–Crippen MR) is 61.6 cm³/mol. The van der Waals surface area contributed by atoms with Gasteiger partial charge >= 0.3 is 0 Å². The molecule has 6 heteroatoms. The number of rotatable bonds is 1. The summed E-state index contributed by atoms with van der Waals surface area (Å²) in [6.07, 6.45) is 0. The molecule has 0 amide bonds. The number of nitrogens with zero attached hydrogens (tertiary/aromatic N) is 2. The Morgan fingerprint density at radius 1 is 1.31 bits per heavy atom. The van der Waals surface area contributed by atoms with Gasteiger partial charge in [-0.15, -0.1) is 0 Å². The van der Waals surface area contributed by atoms with Gasteiger partial charge in [0.15, 0.2) is 0 Å². The maximum Gasteiger partial charge on any atom is 0.272 e. The zero-order valence-electron chi connectivity index (χ0n) is 9.35. The van der Waals surface area contributed by atoms with Gasteiger partial charge in [-0.1, -0.05) is 6.07 Å². The molecule has 0 radical (unpaired) electrons. The minimum Gasteiger partial charge on any atom is -0.317 e. The van der Waals surface area contributed by atoms with E-state index in [-0.39, 0.29) is 5.16 Å². The molecule has 2 aromatic rings. The second kappa shape index (κ2) is 3.29. The van der Waals surface area contributed by atoms with E-state index < -0.39 is 10.0 Å². The Balaban J connectivity index is 2.94. The van der Waals surface area contributed by atoms with E-state index in [4.69, 9.17) is 5.14 Å². The van der Waals surface area contributed by atoms with Crippen molar-refractivity contribution >= 4 is 21.1 Å². The molecule has 0 atom stereocenters. The van der Waals surface area contributed by atoms with Gasteiger partial charge in [0.2, 0.25) is 5.16 Å². The molecule has 0 spiro atoms. The molecule has 5 nitrogen and oxygen atoms in total. The van der Waals surface area contributed by atoms with Crippen molar-refractivity contribution in [1.29, 1.82) is 0 Å². The number of sulfonamides is 1. The molecule has 16 heavy (non-hydrogen) atoms. The minimum absolute atomic E-state index is 0.101. The van der Waals surface area contributed by atoms with Gasteiger partial charge in [0.25, 0.3) is 10.0 Å². The average Bonchev–Trinajstić information content (AvgIpc) is 2.50. The number of benzene rings is 1. The zero-order chi connectivity index (χ0) is 12.1. The second-order valence-corrected chi connectivity index (χ2v) is 5.33. The van der Waals surface area contributed by atoms with Crippen molar-refractivity contribution in [2.45, 2.75) is 19.0 Å². The molecule has 1 aromatic heterocycles. The van der Waals surface area contributed by atoms with Crippen LogP contribution in [0.15, 0.2) is 17.3 Å². The fraction of sp³-hybridized carbons (Fsp3) is 0.300. The molecular weight excluding hydrogens is 226 g/mol. The molecule has 2 N–H and O–H groups in total. The van der Waals surface area contributed by atoms with Gasteiger partial charge in [-0.25, -0.2) is 18.5 Å². The van der Waals surface area contributed by atoms with E-state index >= 15 is 0 Å². The second-order valence-electron chi connectivity index (χ2n) is 3.87. The van der Waals surface area contributed by atoms with Crippen molar-refractivity contribution < 1.29 is 8.42 Å². The Morgan fingerprint density at radius 3 is 2.50 bits per heavy atom. The summed E-state index contributed by atoms with van der Waals surface area (Å²) in [5.41, 5.74) is 3.51. The van der Waals surface area contributed by atoms with Gasteiger partial charge < -0.3 is 4.57 Å². The van der Waals surface area contributed by atoms with Crippen LogP contribution >= 0.6 is 0 Å². The Kier molecular flexibility index (Phi) is 2.28. The van der Waals surface area contributed by atoms with Crippen LogP contribution in [0.2, 0.25) is 0 Å². The van der Waals surface area contributed by atoms with E-state index in [0.717, 1.165) is 16.6 Å². The van der Waals surface area contributed by atoms with Crippen LogP contribution in [0.25, 0.3) is 11.0 Å². The lowest BCUT2D eigenvalue weighted by molar-refractivity contribution is 0.582. The monoisotopic (exact) mass is 239 g/mol. The maximum absolute atomic E-state index is 11.3. The van der Waals surface area contributed by atoms with Crippen LogP contribution in [0.1, 0.15) is 11.1 Å². The standard InChI is InChI=1S/C10H13N3O2S/c1-6-4-5-8-9(7(6)2)12-10(13(8)3)16(11,14)15/h4-5H,1-3H3,(H2,11,14,15). The highest BCUT2D eigenvalue weighted by molar-refractivity contribution is 7.89. The van der Waals surface area contributed by atoms with E-state index in [1.807, 2.05) is 26.0 Å². The third-order valence-electron chi connectivity index (χ3n) is 2.79. The third-order valence-corrected chi connectivity index (χ3v) is 3.66. The van der Waals surface area contributed by atoms with Crippen LogP contribution in [0.3, 0.4) is 0 Å². The highest BCUT2D eigenvalue weighted by Crippen LogP contribution is 2.22. The lowest BCUT2D eigenvalue weighted by Crippen LogP contribution is -2.16. The van der Waals surface area contributed by atoms with Crippen molar-refractivity contribution in [3.05, 3.63) is 23.3 Å². The predicted octanol–water partition coefficient (Wildman–Crippen LogP) is 0.838. The van der Waals surface area contributed by atoms with Crippen molar-refractivity contribution in [1.82, 2.24) is 9.55 Å². The van der Waals surface area contributed by atoms with Gasteiger partial charge in [-0.3, -0.25) is 0 Å². The summed E-state index contributed by atoms with van der Waals surface area (Å²) >= 11 is 0. The Labute approximate surface area is 93.9 Å². The molecule has 0 aliphatic carbocycles. The van der Waals surface area contributed by atoms with Gasteiger partial charge in [0, 0.05) is 7.05 Å². The Hall–Kier alpha value is -1.40. The fourth-order valence-electron chi connectivity index (χ4n) is 1.73. The summed E-state index contributed by atoms with van der Waals surface area (Å²) in [6.45, 7) is 3.87. The number of fused-ring (bicyclic) bond motifs is 1. The number of aromatic nitrogens is 2. The van der Waals surface area contributed by atoms with Crippen molar-refractivity contribution in [2.24, 2.45) is 12.2 Å². The smallest absolute Gasteiger partial charge is 0.272 e. The third kappa shape index (κ3) is 1.50. The number of aryl methyl sites for hydroxylation is 3. The molecule has 1 aromatic carbocycles. The van der Waals surface area contributed by atoms with Crippen LogP contribution in [-0.4, -0.2) is 18.0 Å². The van der Waals surface area contributed by atoms with E-state index in [1.165, 1.54) is 4.57 Å². The number of hydrogen-bond donors (Lipinski definition) is 1. The number of nitrogens with two attached hydrogens (primary N) is 1. The molecule has 0 bridgehead atoms. The molecular formula is C10H13N3O2S. The first kappa shape index (κ1) is 11.1. The summed E-state index contributed by atoms with van der Waals surface area (Å²) in [5.74, 6) is 0. The summed E-state index contributed by atoms with van der Waals surface area (Å²) in [4.78, 5) is 4.09. The number of primary sulfonamides is 1. The highest BCUT2D eigenvalue weighted by atomic mass is 32.2. The Bertz CT molecular complexity index is 671. The van der Waals surface area contributed by atoms with Crippen LogP contribution in [-0.2, 0) is 17.1 Å². The van der Waals surface area contributed by atoms with Crippen molar-refractivity contribution in [3.8, 4) is 0 Å². The summed E-state index contributed by atoms with van der Waals surface area (Å²) in [6, 6.07) is 3.78. The van der Waals surface area contributed by atoms with Crippen LogP contribution < -0.4 is 5.14 Å². The highest BCUT2D eigenvalue weighted by Gasteiger charge is 2.18. The molecule has 0 aliphatic rings. The van der Waals surface area contributed by atoms with E-state index in [9.17, 15) is 8.42 Å². The molecule has 0 aliphatic heterocycles. The molecule has 0 unspecified atom stereocenters. The zero-order valence-corrected chi connectivity index (χ0v) is 10.2. The molecule has 86 valence electrons. The largest absolute Gasteiger partial charge is 0.317 e. The van der Waals surface area contributed by atoms with E-state index in [1.54, 1.807) is 7.05 Å². The van der Waals surface area contributed by atoms with Crippen LogP contribution in [0.5, 0.6) is 0 Å². The average molecular weight is 239 g/mol. The van der Waals surface area contributed by atoms with Gasteiger partial charge in [-0.2, -0.15) is 0 Å². The van der Waals surface area contributed by atoms with E-state index in [0.29, 0.717) is 5.52 Å². The first-order valence-electron chi connectivity index (χ1n) is 4.78. The Morgan fingerprint density at radius 2 is 1.94 bits per heavy atom. The molecule has 0 saturated carbocycles. The van der Waals surface area contributed by atoms with E-state index in [2.05, 4.69) is 4.98 Å². The van der Waals surface area contributed by atoms with Crippen LogP contribution in [0, 0.1) is 13.8 Å².